The number of hydrogen-bond acceptors (Lipinski definition) is 8. The molecule has 0 saturated carbocycles. The molecule has 38 heavy (non-hydrogen) atoms. The first kappa shape index (κ1) is 26.5. The van der Waals surface area contributed by atoms with Crippen molar-refractivity contribution in [2.24, 2.45) is 5.10 Å². The van der Waals surface area contributed by atoms with Crippen LogP contribution in [0.25, 0.3) is 0 Å². The van der Waals surface area contributed by atoms with Gasteiger partial charge in [0.05, 0.1) is 12.6 Å². The number of rotatable bonds is 11. The van der Waals surface area contributed by atoms with Gasteiger partial charge in [0, 0.05) is 5.56 Å². The average Bonchev–Trinajstić information content (AvgIpc) is 3.34. The molecule has 194 valence electrons. The summed E-state index contributed by atoms with van der Waals surface area (Å²) in [7, 11) is 0. The maximum absolute atomic E-state index is 12.3. The first-order chi connectivity index (χ1) is 18.4. The highest BCUT2D eigenvalue weighted by atomic mass is 32.1. The van der Waals surface area contributed by atoms with Gasteiger partial charge in [-0.25, -0.2) is 5.43 Å². The number of hydrogen-bond donors (Lipinski definition) is 2. The zero-order chi connectivity index (χ0) is 26.7. The van der Waals surface area contributed by atoms with Crippen LogP contribution in [0, 0.1) is 13.8 Å². The summed E-state index contributed by atoms with van der Waals surface area (Å²) in [6, 6.07) is 22.4. The third-order valence-electron chi connectivity index (χ3n) is 5.21. The van der Waals surface area contributed by atoms with E-state index in [1.165, 1.54) is 6.21 Å². The van der Waals surface area contributed by atoms with Crippen LogP contribution in [0.3, 0.4) is 0 Å². The number of benzene rings is 3. The molecule has 0 fully saturated rings. The fourth-order valence-corrected chi connectivity index (χ4v) is 4.01. The molecule has 2 amide bonds. The molecule has 0 aliphatic carbocycles. The van der Waals surface area contributed by atoms with Crippen LogP contribution in [0.2, 0.25) is 0 Å². The lowest BCUT2D eigenvalue weighted by atomic mass is 10.1. The van der Waals surface area contributed by atoms with Gasteiger partial charge in [0.25, 0.3) is 5.91 Å². The van der Waals surface area contributed by atoms with Crippen LogP contribution >= 0.6 is 11.3 Å². The fourth-order valence-electron chi connectivity index (χ4n) is 3.28. The van der Waals surface area contributed by atoms with Crippen molar-refractivity contribution in [3.05, 3.63) is 100 Å². The standard InChI is InChI=1S/C28H27N5O4S/c1-19-6-10-22(11-7-19)27(35)30-28-33-32-26(38-28)17-25(34)31-29-18-21-8-12-23(13-9-21)36-14-15-37-24-5-3-4-20(2)16-24/h3-13,16,18H,14-15,17H2,1-2H3,(H,31,34)(H,30,33,35)/b29-18-. The monoisotopic (exact) mass is 529 g/mol. The van der Waals surface area contributed by atoms with E-state index >= 15 is 0 Å². The quantitative estimate of drug-likeness (QED) is 0.167. The number of aryl methyl sites for hydroxylation is 2. The van der Waals surface area contributed by atoms with Crippen LogP contribution in [0.5, 0.6) is 11.5 Å². The second-order valence-corrected chi connectivity index (χ2v) is 9.44. The molecule has 1 aromatic heterocycles. The number of hydrazone groups is 1. The molecule has 0 bridgehead atoms. The Bertz CT molecular complexity index is 1400. The number of anilines is 1. The lowest BCUT2D eigenvalue weighted by Gasteiger charge is -2.09. The highest BCUT2D eigenvalue weighted by Crippen LogP contribution is 2.17. The molecule has 0 unspecified atom stereocenters. The zero-order valence-corrected chi connectivity index (χ0v) is 21.8. The molecule has 0 atom stereocenters. The Morgan fingerprint density at radius 3 is 2.37 bits per heavy atom. The van der Waals surface area contributed by atoms with Gasteiger partial charge in [-0.05, 0) is 73.5 Å². The normalized spacial score (nSPS) is 10.8. The molecule has 0 aliphatic rings. The van der Waals surface area contributed by atoms with E-state index in [2.05, 4.69) is 26.0 Å². The predicted molar refractivity (Wildman–Crippen MR) is 147 cm³/mol. The van der Waals surface area contributed by atoms with E-state index in [0.29, 0.717) is 34.7 Å². The minimum atomic E-state index is -0.345. The molecule has 4 aromatic rings. The fraction of sp³-hybridized carbons (Fsp3) is 0.179. The summed E-state index contributed by atoms with van der Waals surface area (Å²) in [5.41, 5.74) is 6.00. The lowest BCUT2D eigenvalue weighted by Crippen LogP contribution is -2.19. The van der Waals surface area contributed by atoms with Crippen molar-refractivity contribution >= 4 is 34.5 Å². The maximum atomic E-state index is 12.3. The smallest absolute Gasteiger partial charge is 0.257 e. The Hall–Kier alpha value is -4.57. The summed E-state index contributed by atoms with van der Waals surface area (Å²) in [4.78, 5) is 24.5. The van der Waals surface area contributed by atoms with E-state index in [4.69, 9.17) is 9.47 Å². The van der Waals surface area contributed by atoms with Gasteiger partial charge in [0.2, 0.25) is 11.0 Å². The van der Waals surface area contributed by atoms with Gasteiger partial charge >= 0.3 is 0 Å². The minimum Gasteiger partial charge on any atom is -0.490 e. The third-order valence-corrected chi connectivity index (χ3v) is 6.04. The van der Waals surface area contributed by atoms with Crippen molar-refractivity contribution in [2.75, 3.05) is 18.5 Å². The van der Waals surface area contributed by atoms with Gasteiger partial charge in [-0.1, -0.05) is 41.2 Å². The number of amides is 2. The maximum Gasteiger partial charge on any atom is 0.257 e. The molecular weight excluding hydrogens is 502 g/mol. The largest absolute Gasteiger partial charge is 0.490 e. The number of nitrogens with one attached hydrogen (secondary N) is 2. The Morgan fingerprint density at radius 1 is 0.895 bits per heavy atom. The number of ether oxygens (including phenoxy) is 2. The molecule has 1 heterocycles. The molecule has 4 rings (SSSR count). The van der Waals surface area contributed by atoms with Crippen molar-refractivity contribution in [2.45, 2.75) is 20.3 Å². The first-order valence-electron chi connectivity index (χ1n) is 11.9. The predicted octanol–water partition coefficient (Wildman–Crippen LogP) is 4.56. The molecule has 0 aliphatic heterocycles. The summed E-state index contributed by atoms with van der Waals surface area (Å²) < 4.78 is 11.4. The van der Waals surface area contributed by atoms with Gasteiger partial charge in [0.1, 0.15) is 29.7 Å². The molecule has 0 saturated heterocycles. The Labute approximate surface area is 224 Å². The average molecular weight is 530 g/mol. The van der Waals surface area contributed by atoms with Crippen LogP contribution in [0.15, 0.2) is 77.9 Å². The van der Waals surface area contributed by atoms with E-state index in [1.807, 2.05) is 74.5 Å². The second-order valence-electron chi connectivity index (χ2n) is 8.37. The van der Waals surface area contributed by atoms with Crippen molar-refractivity contribution in [3.8, 4) is 11.5 Å². The zero-order valence-electron chi connectivity index (χ0n) is 21.0. The van der Waals surface area contributed by atoms with E-state index < -0.39 is 0 Å². The third kappa shape index (κ3) is 8.24. The van der Waals surface area contributed by atoms with E-state index in [0.717, 1.165) is 33.8 Å². The molecule has 2 N–H and O–H groups in total. The van der Waals surface area contributed by atoms with E-state index in [-0.39, 0.29) is 18.2 Å². The summed E-state index contributed by atoms with van der Waals surface area (Å²) >= 11 is 1.14. The molecule has 0 spiro atoms. The molecular formula is C28H27N5O4S. The number of nitrogens with zero attached hydrogens (tertiary/aromatic N) is 3. The van der Waals surface area contributed by atoms with Gasteiger partial charge in [-0.3, -0.25) is 14.9 Å². The topological polar surface area (TPSA) is 115 Å². The highest BCUT2D eigenvalue weighted by Gasteiger charge is 2.12. The van der Waals surface area contributed by atoms with E-state index in [9.17, 15) is 9.59 Å². The van der Waals surface area contributed by atoms with Gasteiger partial charge < -0.3 is 9.47 Å². The lowest BCUT2D eigenvalue weighted by molar-refractivity contribution is -0.120. The second kappa shape index (κ2) is 13.1. The van der Waals surface area contributed by atoms with Gasteiger partial charge in [-0.15, -0.1) is 10.2 Å². The Morgan fingerprint density at radius 2 is 1.63 bits per heavy atom. The number of aromatic nitrogens is 2. The van der Waals surface area contributed by atoms with Crippen molar-refractivity contribution in [1.29, 1.82) is 0 Å². The molecule has 3 aromatic carbocycles. The summed E-state index contributed by atoms with van der Waals surface area (Å²) in [6.07, 6.45) is 1.53. The van der Waals surface area contributed by atoms with Crippen LogP contribution in [0.1, 0.15) is 32.1 Å². The Kier molecular flexibility index (Phi) is 9.14. The minimum absolute atomic E-state index is 0.00714. The molecule has 0 radical (unpaired) electrons. The van der Waals surface area contributed by atoms with Crippen molar-refractivity contribution in [3.63, 3.8) is 0 Å². The van der Waals surface area contributed by atoms with Crippen LogP contribution in [-0.4, -0.2) is 41.4 Å². The highest BCUT2D eigenvalue weighted by molar-refractivity contribution is 7.15. The number of carbonyl (C=O) groups excluding carboxylic acids is 2. The summed E-state index contributed by atoms with van der Waals surface area (Å²) in [6.45, 7) is 4.82. The molecule has 9 nitrogen and oxygen atoms in total. The van der Waals surface area contributed by atoms with Gasteiger partial charge in [-0.2, -0.15) is 5.10 Å². The van der Waals surface area contributed by atoms with Crippen molar-refractivity contribution < 1.29 is 19.1 Å². The number of carbonyl (C=O) groups is 2. The SMILES string of the molecule is Cc1ccc(C(=O)Nc2nnc(CC(=O)N/N=C\c3ccc(OCCOc4cccc(C)c4)cc3)s2)cc1. The molecule has 10 heteroatoms. The van der Waals surface area contributed by atoms with Crippen LogP contribution in [-0.2, 0) is 11.2 Å². The first-order valence-corrected chi connectivity index (χ1v) is 12.7. The summed E-state index contributed by atoms with van der Waals surface area (Å²) in [5, 5.41) is 15.4. The van der Waals surface area contributed by atoms with E-state index in [1.54, 1.807) is 12.1 Å². The van der Waals surface area contributed by atoms with Crippen LogP contribution in [0.4, 0.5) is 5.13 Å². The van der Waals surface area contributed by atoms with Crippen molar-refractivity contribution in [1.82, 2.24) is 15.6 Å². The Balaban J connectivity index is 1.16. The van der Waals surface area contributed by atoms with Gasteiger partial charge in [0.15, 0.2) is 0 Å². The van der Waals surface area contributed by atoms with Crippen LogP contribution < -0.4 is 20.2 Å². The summed E-state index contributed by atoms with van der Waals surface area (Å²) in [5.74, 6) is 0.898.